The van der Waals surface area contributed by atoms with E-state index in [1.54, 1.807) is 0 Å². The molecule has 0 bridgehead atoms. The lowest BCUT2D eigenvalue weighted by Crippen LogP contribution is -2.40. The van der Waals surface area contributed by atoms with Crippen molar-refractivity contribution in [1.29, 1.82) is 0 Å². The first-order chi connectivity index (χ1) is 5.93. The molecule has 0 aromatic carbocycles. The molecule has 86 valence electrons. The topological polar surface area (TPSA) is 57.5 Å². The van der Waals surface area contributed by atoms with Gasteiger partial charge in [0.15, 0.2) is 3.78 Å². The van der Waals surface area contributed by atoms with Crippen LogP contribution in [0, 0.1) is 0 Å². The molecule has 2 unspecified atom stereocenters. The van der Waals surface area contributed by atoms with Gasteiger partial charge in [-0.1, -0.05) is 50.7 Å². The minimum Gasteiger partial charge on any atom is -0.481 e. The number of rotatable bonds is 2. The van der Waals surface area contributed by atoms with Crippen molar-refractivity contribution >= 4 is 72.6 Å². The van der Waals surface area contributed by atoms with Crippen LogP contribution in [0.25, 0.3) is 0 Å². The number of halogens is 5. The van der Waals surface area contributed by atoms with E-state index < -0.39 is 19.1 Å². The Morgan fingerprint density at radius 1 is 1.36 bits per heavy atom. The molecule has 0 radical (unpaired) electrons. The van der Waals surface area contributed by atoms with Crippen LogP contribution in [0.4, 0.5) is 0 Å². The van der Waals surface area contributed by atoms with Crippen molar-refractivity contribution in [3.8, 4) is 0 Å². The number of carboxylic acid groups (broad SMARTS) is 1. The molecule has 0 saturated carbocycles. The first kappa shape index (κ1) is 17.6. The molecule has 0 aromatic heterocycles. The Labute approximate surface area is 114 Å². The van der Waals surface area contributed by atoms with E-state index in [1.165, 1.54) is 6.92 Å². The zero-order valence-electron chi connectivity index (χ0n) is 7.27. The predicted molar refractivity (Wildman–Crippen MR) is 65.9 cm³/mol. The average Bonchev–Trinajstić information content (AvgIpc) is 1.82. The first-order valence-corrected chi connectivity index (χ1v) is 5.97. The van der Waals surface area contributed by atoms with Crippen LogP contribution >= 0.6 is 66.7 Å². The third-order valence-corrected chi connectivity index (χ3v) is 5.39. The second kappa shape index (κ2) is 6.76. The molecule has 8 heteroatoms. The number of carboxylic acids is 1. The summed E-state index contributed by atoms with van der Waals surface area (Å²) in [5, 5.41) is 16.5. The van der Waals surface area contributed by atoms with E-state index in [2.05, 4.69) is 31.9 Å². The summed E-state index contributed by atoms with van der Waals surface area (Å²) in [4.78, 5) is 9.00. The number of aliphatic hydroxyl groups excluding tert-OH is 1. The Balaban J connectivity index is 0. The molecule has 0 rings (SSSR count). The fraction of sp³-hybridized carbons (Fsp3) is 0.833. The monoisotopic (exact) mass is 392 g/mol. The van der Waals surface area contributed by atoms with Gasteiger partial charge in [-0.3, -0.25) is 4.79 Å². The van der Waals surface area contributed by atoms with Gasteiger partial charge >= 0.3 is 0 Å². The summed E-state index contributed by atoms with van der Waals surface area (Å²) in [6.07, 6.45) is -0.872. The lowest BCUT2D eigenvalue weighted by atomic mass is 10.3. The molecule has 0 heterocycles. The minimum absolute atomic E-state index is 0.833. The Morgan fingerprint density at radius 3 is 1.57 bits per heavy atom. The van der Waals surface area contributed by atoms with Crippen molar-refractivity contribution in [3.05, 3.63) is 0 Å². The summed E-state index contributed by atoms with van der Waals surface area (Å²) in [7, 11) is 0. The highest BCUT2D eigenvalue weighted by Crippen LogP contribution is 2.50. The molecule has 0 saturated heterocycles. The fourth-order valence-corrected chi connectivity index (χ4v) is 0.884. The number of hydrogen-bond donors (Lipinski definition) is 2. The molecule has 3 nitrogen and oxygen atoms in total. The molecule has 2 N–H and O–H groups in total. The molecule has 0 aliphatic heterocycles. The van der Waals surface area contributed by atoms with Crippen molar-refractivity contribution in [2.45, 2.75) is 27.0 Å². The number of carbonyl (C=O) groups is 1. The summed E-state index contributed by atoms with van der Waals surface area (Å²) in [5.41, 5.74) is 0. The molecular weight excluding hydrogens is 386 g/mol. The smallest absolute Gasteiger partial charge is 0.300 e. The molecule has 0 amide bonds. The quantitative estimate of drug-likeness (QED) is 0.706. The minimum atomic E-state index is -1.39. The van der Waals surface area contributed by atoms with Gasteiger partial charge in [0.2, 0.25) is 3.24 Å². The molecule has 0 spiro atoms. The van der Waals surface area contributed by atoms with Crippen LogP contribution in [-0.4, -0.2) is 29.3 Å². The van der Waals surface area contributed by atoms with E-state index in [1.807, 2.05) is 0 Å². The fourth-order valence-electron chi connectivity index (χ4n) is 0.237. The first-order valence-electron chi connectivity index (χ1n) is 3.25. The van der Waals surface area contributed by atoms with Gasteiger partial charge in [-0.25, -0.2) is 0 Å². The molecule has 0 fully saturated rings. The van der Waals surface area contributed by atoms with Crippen molar-refractivity contribution in [2.75, 3.05) is 0 Å². The number of aliphatic carboxylic acids is 1. The summed E-state index contributed by atoms with van der Waals surface area (Å²) >= 11 is 22.7. The highest BCUT2D eigenvalue weighted by molar-refractivity contribution is 9.13. The zero-order chi connectivity index (χ0) is 12.2. The highest BCUT2D eigenvalue weighted by Gasteiger charge is 2.48. The molecule has 0 aliphatic carbocycles. The van der Waals surface area contributed by atoms with Gasteiger partial charge in [0, 0.05) is 6.92 Å². The highest BCUT2D eigenvalue weighted by atomic mass is 79.9. The SMILES string of the molecule is CC(=O)O.CC(O)C(Cl)(Br)C(Cl)(Cl)Br. The van der Waals surface area contributed by atoms with Crippen LogP contribution in [0.5, 0.6) is 0 Å². The Bertz CT molecular complexity index is 187. The van der Waals surface area contributed by atoms with Gasteiger partial charge in [0.25, 0.3) is 5.97 Å². The maximum atomic E-state index is 9.04. The Morgan fingerprint density at radius 2 is 1.57 bits per heavy atom. The number of hydrogen-bond acceptors (Lipinski definition) is 2. The molecule has 2 atom stereocenters. The maximum Gasteiger partial charge on any atom is 0.300 e. The van der Waals surface area contributed by atoms with E-state index >= 15 is 0 Å². The lowest BCUT2D eigenvalue weighted by Gasteiger charge is -2.30. The van der Waals surface area contributed by atoms with Crippen LogP contribution in [0.15, 0.2) is 0 Å². The van der Waals surface area contributed by atoms with Crippen molar-refractivity contribution < 1.29 is 15.0 Å². The van der Waals surface area contributed by atoms with E-state index in [4.69, 9.17) is 49.8 Å². The third kappa shape index (κ3) is 7.54. The van der Waals surface area contributed by atoms with Crippen LogP contribution in [-0.2, 0) is 4.79 Å². The second-order valence-corrected chi connectivity index (χ2v) is 8.05. The number of alkyl halides is 5. The lowest BCUT2D eigenvalue weighted by molar-refractivity contribution is -0.134. The Hall–Kier alpha value is 1.26. The van der Waals surface area contributed by atoms with Gasteiger partial charge < -0.3 is 10.2 Å². The van der Waals surface area contributed by atoms with Crippen molar-refractivity contribution in [2.24, 2.45) is 0 Å². The molecular formula is C6H9Br2Cl3O3. The van der Waals surface area contributed by atoms with Gasteiger partial charge in [0.1, 0.15) is 0 Å². The average molecular weight is 395 g/mol. The van der Waals surface area contributed by atoms with Gasteiger partial charge in [-0.2, -0.15) is 0 Å². The number of aliphatic hydroxyl groups is 1. The largest absolute Gasteiger partial charge is 0.481 e. The second-order valence-electron chi connectivity index (χ2n) is 2.32. The van der Waals surface area contributed by atoms with Crippen molar-refractivity contribution in [3.63, 3.8) is 0 Å². The molecule has 0 aliphatic rings. The molecule has 14 heavy (non-hydrogen) atoms. The van der Waals surface area contributed by atoms with E-state index in [0.29, 0.717) is 0 Å². The van der Waals surface area contributed by atoms with Crippen LogP contribution < -0.4 is 0 Å². The normalized spacial score (nSPS) is 17.4. The zero-order valence-corrected chi connectivity index (χ0v) is 12.7. The Kier molecular flexibility index (Phi) is 8.52. The van der Waals surface area contributed by atoms with Crippen molar-refractivity contribution in [1.82, 2.24) is 0 Å². The van der Waals surface area contributed by atoms with E-state index in [-0.39, 0.29) is 0 Å². The summed E-state index contributed by atoms with van der Waals surface area (Å²) in [5.74, 6) is -0.833. The summed E-state index contributed by atoms with van der Waals surface area (Å²) < 4.78 is -2.67. The van der Waals surface area contributed by atoms with Gasteiger partial charge in [-0.15, -0.1) is 0 Å². The van der Waals surface area contributed by atoms with Crippen LogP contribution in [0.3, 0.4) is 0 Å². The van der Waals surface area contributed by atoms with Crippen LogP contribution in [0.2, 0.25) is 0 Å². The van der Waals surface area contributed by atoms with E-state index in [9.17, 15) is 0 Å². The third-order valence-electron chi connectivity index (χ3n) is 0.903. The molecule has 0 aromatic rings. The maximum absolute atomic E-state index is 9.04. The summed E-state index contributed by atoms with van der Waals surface area (Å²) in [6, 6.07) is 0. The van der Waals surface area contributed by atoms with Gasteiger partial charge in [-0.05, 0) is 22.9 Å². The van der Waals surface area contributed by atoms with E-state index in [0.717, 1.165) is 6.92 Å². The van der Waals surface area contributed by atoms with Gasteiger partial charge in [0.05, 0.1) is 6.10 Å². The summed E-state index contributed by atoms with van der Waals surface area (Å²) in [6.45, 7) is 2.56. The van der Waals surface area contributed by atoms with Crippen LogP contribution in [0.1, 0.15) is 13.8 Å². The standard InChI is InChI=1S/C4H5Br2Cl3O.C2H4O2/c1-2(10)3(5,7)4(6,8)9;1-2(3)4/h2,10H,1H3;1H3,(H,3,4). The predicted octanol–water partition coefficient (Wildman–Crippen LogP) is 3.31.